The summed E-state index contributed by atoms with van der Waals surface area (Å²) in [6.45, 7) is 6.22. The molecule has 0 aromatic carbocycles. The minimum absolute atomic E-state index is 0.127. The topological polar surface area (TPSA) is 38.7 Å². The second kappa shape index (κ2) is 2.98. The molecule has 1 heterocycles. The first-order chi connectivity index (χ1) is 4.97. The average Bonchev–Trinajstić information content (AvgIpc) is 2.10. The van der Waals surface area contributed by atoms with Gasteiger partial charge in [0.1, 0.15) is 0 Å². The number of carbonyl (C=O) groups excluding carboxylic acids is 1. The zero-order chi connectivity index (χ0) is 8.48. The van der Waals surface area contributed by atoms with E-state index in [-0.39, 0.29) is 5.24 Å². The highest BCUT2D eigenvalue weighted by atomic mass is 32.2. The van der Waals surface area contributed by atoms with Crippen molar-refractivity contribution < 1.29 is 9.22 Å². The van der Waals surface area contributed by atoms with Gasteiger partial charge in [0.2, 0.25) is 8.32 Å². The first-order valence-corrected chi connectivity index (χ1v) is 7.80. The van der Waals surface area contributed by atoms with Crippen molar-refractivity contribution in [2.45, 2.75) is 19.6 Å². The minimum atomic E-state index is -1.55. The highest BCUT2D eigenvalue weighted by molar-refractivity contribution is 8.14. The van der Waals surface area contributed by atoms with Gasteiger partial charge in [-0.15, -0.1) is 0 Å². The van der Waals surface area contributed by atoms with E-state index in [9.17, 15) is 4.79 Å². The van der Waals surface area contributed by atoms with Gasteiger partial charge in [0.05, 0.1) is 5.75 Å². The molecule has 0 bridgehead atoms. The Labute approximate surface area is 71.4 Å². The maximum Gasteiger partial charge on any atom is 0.308 e. The Hall–Kier alpha value is -0.293. The fourth-order valence-electron chi connectivity index (χ4n) is 0.696. The van der Waals surface area contributed by atoms with Crippen LogP contribution in [0.1, 0.15) is 0 Å². The first kappa shape index (κ1) is 8.80. The molecular weight excluding hydrogens is 178 g/mol. The summed E-state index contributed by atoms with van der Waals surface area (Å²) >= 11 is 1.20. The molecule has 5 heteroatoms. The Bertz CT molecular complexity index is 209. The number of hydrogen-bond acceptors (Lipinski definition) is 3. The first-order valence-electron chi connectivity index (χ1n) is 3.41. The van der Waals surface area contributed by atoms with Crippen molar-refractivity contribution in [2.24, 2.45) is 4.99 Å². The summed E-state index contributed by atoms with van der Waals surface area (Å²) in [5, 5.41) is -0.127. The molecule has 0 saturated carbocycles. The van der Waals surface area contributed by atoms with E-state index >= 15 is 0 Å². The van der Waals surface area contributed by atoms with E-state index in [1.54, 1.807) is 0 Å². The van der Waals surface area contributed by atoms with E-state index in [1.807, 2.05) is 0 Å². The van der Waals surface area contributed by atoms with Crippen molar-refractivity contribution in [3.05, 3.63) is 0 Å². The van der Waals surface area contributed by atoms with E-state index in [4.69, 9.17) is 4.43 Å². The summed E-state index contributed by atoms with van der Waals surface area (Å²) in [5.74, 6) is 1.22. The molecule has 0 saturated heterocycles. The lowest BCUT2D eigenvalue weighted by Crippen LogP contribution is -2.29. The van der Waals surface area contributed by atoms with E-state index in [0.29, 0.717) is 11.7 Å². The molecule has 0 aromatic rings. The Morgan fingerprint density at radius 2 is 2.18 bits per heavy atom. The molecule has 0 N–H and O–H groups in total. The summed E-state index contributed by atoms with van der Waals surface area (Å²) in [5.41, 5.74) is 0. The normalized spacial score (nSPS) is 18.5. The van der Waals surface area contributed by atoms with E-state index in [1.165, 1.54) is 11.8 Å². The molecule has 0 aliphatic carbocycles. The zero-order valence-corrected chi connectivity index (χ0v) is 8.70. The average molecular weight is 189 g/mol. The van der Waals surface area contributed by atoms with E-state index in [0.717, 1.165) is 0 Å². The Balaban J connectivity index is 2.51. The smallest absolute Gasteiger partial charge is 0.308 e. The third-order valence-corrected chi connectivity index (χ3v) is 2.54. The molecule has 11 heavy (non-hydrogen) atoms. The lowest BCUT2D eigenvalue weighted by atomic mass is 10.8. The van der Waals surface area contributed by atoms with Gasteiger partial charge in [-0.25, -0.2) is 0 Å². The van der Waals surface area contributed by atoms with E-state index in [2.05, 4.69) is 24.6 Å². The lowest BCUT2D eigenvalue weighted by molar-refractivity contribution is 0.267. The number of carbonyl (C=O) groups is 1. The molecule has 0 atom stereocenters. The molecule has 0 spiro atoms. The van der Waals surface area contributed by atoms with Crippen LogP contribution in [-0.4, -0.2) is 25.2 Å². The Kier molecular flexibility index (Phi) is 2.39. The number of rotatable bonds is 1. The summed E-state index contributed by atoms with van der Waals surface area (Å²) < 4.78 is 5.52. The van der Waals surface area contributed by atoms with Crippen molar-refractivity contribution in [1.29, 1.82) is 0 Å². The fourth-order valence-corrected chi connectivity index (χ4v) is 2.16. The molecule has 0 unspecified atom stereocenters. The second-order valence-electron chi connectivity index (χ2n) is 3.27. The number of aliphatic imine (C=N–C) groups is 1. The number of hydrogen-bond donors (Lipinski definition) is 0. The van der Waals surface area contributed by atoms with Crippen LogP contribution < -0.4 is 0 Å². The summed E-state index contributed by atoms with van der Waals surface area (Å²) in [4.78, 5) is 14.4. The predicted octanol–water partition coefficient (Wildman–Crippen LogP) is 2.10. The molecule has 1 amide bonds. The molecule has 1 aliphatic heterocycles. The summed E-state index contributed by atoms with van der Waals surface area (Å²) in [6, 6.07) is 0. The van der Waals surface area contributed by atoms with Crippen LogP contribution in [0.4, 0.5) is 4.79 Å². The van der Waals surface area contributed by atoms with Crippen LogP contribution in [0.5, 0.6) is 0 Å². The maximum absolute atomic E-state index is 10.7. The van der Waals surface area contributed by atoms with Crippen molar-refractivity contribution in [2.75, 3.05) is 5.75 Å². The highest BCUT2D eigenvalue weighted by Gasteiger charge is 2.23. The van der Waals surface area contributed by atoms with Crippen molar-refractivity contribution in [3.8, 4) is 0 Å². The van der Waals surface area contributed by atoms with Gasteiger partial charge in [-0.3, -0.25) is 4.79 Å². The number of thioether (sulfide) groups is 1. The van der Waals surface area contributed by atoms with Gasteiger partial charge in [0.25, 0.3) is 0 Å². The Morgan fingerprint density at radius 3 is 2.55 bits per heavy atom. The van der Waals surface area contributed by atoms with Crippen molar-refractivity contribution in [3.63, 3.8) is 0 Å². The monoisotopic (exact) mass is 189 g/mol. The number of amides is 1. The minimum Gasteiger partial charge on any atom is -0.534 e. The molecule has 0 radical (unpaired) electrons. The van der Waals surface area contributed by atoms with Crippen LogP contribution in [0, 0.1) is 0 Å². The van der Waals surface area contributed by atoms with Gasteiger partial charge in [-0.1, -0.05) is 11.8 Å². The quantitative estimate of drug-likeness (QED) is 0.593. The van der Waals surface area contributed by atoms with Crippen LogP contribution in [0.25, 0.3) is 0 Å². The standard InChI is InChI=1S/C6H11NO2SSi/c1-11(2,3)9-5-4-10-6(8)7-5/h4H2,1-3H3. The molecule has 62 valence electrons. The number of nitrogens with zero attached hydrogens (tertiary/aromatic N) is 1. The summed E-state index contributed by atoms with van der Waals surface area (Å²) in [6.07, 6.45) is 0. The molecule has 3 nitrogen and oxygen atoms in total. The van der Waals surface area contributed by atoms with Crippen LogP contribution in [0.3, 0.4) is 0 Å². The van der Waals surface area contributed by atoms with Crippen LogP contribution >= 0.6 is 11.8 Å². The molecular formula is C6H11NO2SSi. The Morgan fingerprint density at radius 1 is 1.55 bits per heavy atom. The third kappa shape index (κ3) is 3.07. The molecule has 1 rings (SSSR count). The maximum atomic E-state index is 10.7. The zero-order valence-electron chi connectivity index (χ0n) is 6.88. The van der Waals surface area contributed by atoms with Gasteiger partial charge in [0, 0.05) is 0 Å². The third-order valence-electron chi connectivity index (χ3n) is 0.959. The SMILES string of the molecule is C[Si](C)(C)OC1=NC(=O)SC1. The van der Waals surface area contributed by atoms with Crippen molar-refractivity contribution in [1.82, 2.24) is 0 Å². The molecule has 0 fully saturated rings. The van der Waals surface area contributed by atoms with Gasteiger partial charge < -0.3 is 4.43 Å². The summed E-state index contributed by atoms with van der Waals surface area (Å²) in [7, 11) is -1.55. The van der Waals surface area contributed by atoms with Gasteiger partial charge in [-0.05, 0) is 19.6 Å². The largest absolute Gasteiger partial charge is 0.534 e. The van der Waals surface area contributed by atoms with Crippen LogP contribution in [0.15, 0.2) is 4.99 Å². The van der Waals surface area contributed by atoms with Crippen LogP contribution in [0.2, 0.25) is 19.6 Å². The second-order valence-corrected chi connectivity index (χ2v) is 8.63. The lowest BCUT2D eigenvalue weighted by Gasteiger charge is -2.17. The predicted molar refractivity (Wildman–Crippen MR) is 49.7 cm³/mol. The molecule has 1 aliphatic rings. The highest BCUT2D eigenvalue weighted by Crippen LogP contribution is 2.17. The van der Waals surface area contributed by atoms with E-state index < -0.39 is 8.32 Å². The van der Waals surface area contributed by atoms with Gasteiger partial charge in [-0.2, -0.15) is 4.99 Å². The van der Waals surface area contributed by atoms with Gasteiger partial charge in [0.15, 0.2) is 5.90 Å². The fraction of sp³-hybridized carbons (Fsp3) is 0.667. The van der Waals surface area contributed by atoms with Gasteiger partial charge >= 0.3 is 5.24 Å². The van der Waals surface area contributed by atoms with Crippen molar-refractivity contribution >= 4 is 31.2 Å². The van der Waals surface area contributed by atoms with Crippen LogP contribution in [-0.2, 0) is 4.43 Å². The molecule has 0 aromatic heterocycles.